The van der Waals surface area contributed by atoms with Gasteiger partial charge in [-0.25, -0.2) is 14.4 Å². The van der Waals surface area contributed by atoms with Crippen LogP contribution in [-0.2, 0) is 12.4 Å². The maximum absolute atomic E-state index is 14.1. The van der Waals surface area contributed by atoms with Gasteiger partial charge in [0.15, 0.2) is 0 Å². The van der Waals surface area contributed by atoms with Crippen molar-refractivity contribution in [1.82, 2.24) is 15.0 Å². The Labute approximate surface area is 185 Å². The van der Waals surface area contributed by atoms with Crippen LogP contribution in [0.5, 0.6) is 0 Å². The predicted octanol–water partition coefficient (Wildman–Crippen LogP) is 6.13. The molecule has 13 heteroatoms. The number of carbonyl (C=O) groups excluding carboxylic acids is 1. The van der Waals surface area contributed by atoms with Crippen LogP contribution in [0.15, 0.2) is 54.9 Å². The van der Waals surface area contributed by atoms with Crippen molar-refractivity contribution in [3.8, 4) is 0 Å². The summed E-state index contributed by atoms with van der Waals surface area (Å²) in [4.78, 5) is 22.7. The number of halogens is 7. The second kappa shape index (κ2) is 8.32. The zero-order chi connectivity index (χ0) is 24.7. The highest BCUT2D eigenvalue weighted by molar-refractivity contribution is 6.04. The van der Waals surface area contributed by atoms with Crippen LogP contribution < -0.4 is 10.6 Å². The van der Waals surface area contributed by atoms with Gasteiger partial charge >= 0.3 is 12.4 Å². The van der Waals surface area contributed by atoms with Crippen molar-refractivity contribution < 1.29 is 35.5 Å². The zero-order valence-electron chi connectivity index (χ0n) is 16.6. The number of pyridine rings is 2. The van der Waals surface area contributed by atoms with Crippen LogP contribution in [0, 0.1) is 5.82 Å². The van der Waals surface area contributed by atoms with Crippen molar-refractivity contribution >= 4 is 34.1 Å². The Morgan fingerprint density at radius 2 is 1.71 bits per heavy atom. The van der Waals surface area contributed by atoms with Crippen molar-refractivity contribution in [2.45, 2.75) is 12.4 Å². The summed E-state index contributed by atoms with van der Waals surface area (Å²) in [5, 5.41) is 4.87. The van der Waals surface area contributed by atoms with E-state index in [0.717, 1.165) is 30.5 Å². The minimum atomic E-state index is -4.80. The number of amides is 1. The number of para-hydroxylation sites is 1. The second-order valence-electron chi connectivity index (χ2n) is 7.01. The van der Waals surface area contributed by atoms with Crippen LogP contribution >= 0.6 is 0 Å². The number of H-pyrrole nitrogens is 1. The number of aromatic amines is 1. The number of hydrogen-bond donors (Lipinski definition) is 3. The van der Waals surface area contributed by atoms with E-state index in [1.807, 2.05) is 0 Å². The number of benzene rings is 1. The fourth-order valence-electron chi connectivity index (χ4n) is 3.10. The summed E-state index contributed by atoms with van der Waals surface area (Å²) in [6.07, 6.45) is -7.35. The third-order valence-electron chi connectivity index (χ3n) is 4.65. The summed E-state index contributed by atoms with van der Waals surface area (Å²) < 4.78 is 92.2. The van der Waals surface area contributed by atoms with Crippen LogP contribution in [-0.4, -0.2) is 20.9 Å². The van der Waals surface area contributed by atoms with Crippen molar-refractivity contribution in [2.75, 3.05) is 10.6 Å². The molecule has 3 N–H and O–H groups in total. The molecule has 0 saturated heterocycles. The van der Waals surface area contributed by atoms with Crippen LogP contribution in [0.25, 0.3) is 10.9 Å². The van der Waals surface area contributed by atoms with Crippen LogP contribution in [0.1, 0.15) is 21.6 Å². The minimum absolute atomic E-state index is 0.00972. The fourth-order valence-corrected chi connectivity index (χ4v) is 3.10. The molecule has 176 valence electrons. The molecule has 0 bridgehead atoms. The van der Waals surface area contributed by atoms with Crippen LogP contribution in [0.3, 0.4) is 0 Å². The molecule has 4 aromatic rings. The summed E-state index contributed by atoms with van der Waals surface area (Å²) in [6.45, 7) is 0. The Morgan fingerprint density at radius 3 is 2.41 bits per heavy atom. The molecule has 0 saturated carbocycles. The summed E-state index contributed by atoms with van der Waals surface area (Å²) in [7, 11) is 0. The molecule has 0 spiro atoms. The van der Waals surface area contributed by atoms with E-state index < -0.39 is 40.9 Å². The van der Waals surface area contributed by atoms with E-state index in [1.165, 1.54) is 18.3 Å². The van der Waals surface area contributed by atoms with Gasteiger partial charge in [-0.2, -0.15) is 26.3 Å². The van der Waals surface area contributed by atoms with Crippen molar-refractivity contribution in [3.05, 3.63) is 77.5 Å². The standard InChI is InChI=1S/C21H12F7N5O/c22-13-3-1-2-12(21(26,27)28)18(13)32-17-7-10-6-14(30-9-15(10)31-17)19(34)33-16-8-11(4-5-29-16)20(23,24)25/h1-9,31-32H,(H,29,33,34). The molecule has 0 aliphatic heterocycles. The smallest absolute Gasteiger partial charge is 0.340 e. The molecular formula is C21H12F7N5O. The second-order valence-corrected chi connectivity index (χ2v) is 7.01. The van der Waals surface area contributed by atoms with Crippen LogP contribution in [0.4, 0.5) is 48.1 Å². The quantitative estimate of drug-likeness (QED) is 0.305. The summed E-state index contributed by atoms with van der Waals surface area (Å²) in [6, 6.07) is 6.50. The Hall–Kier alpha value is -4.16. The lowest BCUT2D eigenvalue weighted by molar-refractivity contribution is -0.138. The van der Waals surface area contributed by atoms with Gasteiger partial charge in [0.2, 0.25) is 0 Å². The normalized spacial score (nSPS) is 12.1. The summed E-state index contributed by atoms with van der Waals surface area (Å²) in [5.74, 6) is -2.35. The first-order valence-electron chi connectivity index (χ1n) is 9.38. The van der Waals surface area contributed by atoms with Gasteiger partial charge in [-0.3, -0.25) is 4.79 Å². The lowest BCUT2D eigenvalue weighted by Gasteiger charge is -2.14. The number of aromatic nitrogens is 3. The SMILES string of the molecule is O=C(Nc1cc(C(F)(F)F)ccn1)c1cc2cc(Nc3c(F)cccc3C(F)(F)F)[nH]c2cn1. The first-order chi connectivity index (χ1) is 15.9. The van der Waals surface area contributed by atoms with Gasteiger partial charge in [-0.1, -0.05) is 6.07 Å². The van der Waals surface area contributed by atoms with Gasteiger partial charge in [-0.15, -0.1) is 0 Å². The number of hydrogen-bond acceptors (Lipinski definition) is 4. The number of rotatable bonds is 4. The Balaban J connectivity index is 1.59. The molecule has 34 heavy (non-hydrogen) atoms. The van der Waals surface area contributed by atoms with Gasteiger partial charge < -0.3 is 15.6 Å². The van der Waals surface area contributed by atoms with E-state index in [-0.39, 0.29) is 17.3 Å². The highest BCUT2D eigenvalue weighted by atomic mass is 19.4. The molecular weight excluding hydrogens is 471 g/mol. The number of fused-ring (bicyclic) bond motifs is 1. The maximum Gasteiger partial charge on any atom is 0.418 e. The van der Waals surface area contributed by atoms with E-state index in [1.54, 1.807) is 0 Å². The minimum Gasteiger partial charge on any atom is -0.340 e. The number of nitrogens with zero attached hydrogens (tertiary/aromatic N) is 2. The Morgan fingerprint density at radius 1 is 0.941 bits per heavy atom. The number of alkyl halides is 6. The van der Waals surface area contributed by atoms with Crippen molar-refractivity contribution in [3.63, 3.8) is 0 Å². The summed E-state index contributed by atoms with van der Waals surface area (Å²) in [5.41, 5.74) is -2.89. The topological polar surface area (TPSA) is 82.7 Å². The Bertz CT molecular complexity index is 1380. The molecule has 4 rings (SSSR count). The van der Waals surface area contributed by atoms with Crippen LogP contribution in [0.2, 0.25) is 0 Å². The lowest BCUT2D eigenvalue weighted by atomic mass is 10.1. The highest BCUT2D eigenvalue weighted by Crippen LogP contribution is 2.37. The molecule has 1 aromatic carbocycles. The fraction of sp³-hybridized carbons (Fsp3) is 0.0952. The molecule has 0 fully saturated rings. The largest absolute Gasteiger partial charge is 0.418 e. The number of nitrogens with one attached hydrogen (secondary N) is 3. The zero-order valence-corrected chi connectivity index (χ0v) is 16.6. The molecule has 0 aliphatic rings. The van der Waals surface area contributed by atoms with Crippen molar-refractivity contribution in [1.29, 1.82) is 0 Å². The van der Waals surface area contributed by atoms with E-state index in [2.05, 4.69) is 25.6 Å². The highest BCUT2D eigenvalue weighted by Gasteiger charge is 2.35. The number of carbonyl (C=O) groups is 1. The monoisotopic (exact) mass is 483 g/mol. The van der Waals surface area contributed by atoms with E-state index in [9.17, 15) is 35.5 Å². The first kappa shape index (κ1) is 23.0. The van der Waals surface area contributed by atoms with Gasteiger partial charge in [0.05, 0.1) is 28.5 Å². The van der Waals surface area contributed by atoms with Gasteiger partial charge in [0, 0.05) is 11.6 Å². The molecule has 6 nitrogen and oxygen atoms in total. The summed E-state index contributed by atoms with van der Waals surface area (Å²) >= 11 is 0. The third kappa shape index (κ3) is 4.77. The average Bonchev–Trinajstić information content (AvgIpc) is 3.15. The Kier molecular flexibility index (Phi) is 5.63. The van der Waals surface area contributed by atoms with E-state index >= 15 is 0 Å². The van der Waals surface area contributed by atoms with Gasteiger partial charge in [-0.05, 0) is 36.4 Å². The molecule has 3 heterocycles. The van der Waals surface area contributed by atoms with E-state index in [0.29, 0.717) is 17.0 Å². The molecule has 0 radical (unpaired) electrons. The van der Waals surface area contributed by atoms with E-state index in [4.69, 9.17) is 0 Å². The molecule has 0 aliphatic carbocycles. The average molecular weight is 483 g/mol. The molecule has 3 aromatic heterocycles. The maximum atomic E-state index is 14.1. The molecule has 0 atom stereocenters. The third-order valence-corrected chi connectivity index (χ3v) is 4.65. The van der Waals surface area contributed by atoms with Gasteiger partial charge in [0.25, 0.3) is 5.91 Å². The molecule has 0 unspecified atom stereocenters. The first-order valence-corrected chi connectivity index (χ1v) is 9.38. The van der Waals surface area contributed by atoms with Gasteiger partial charge in [0.1, 0.15) is 23.1 Å². The van der Waals surface area contributed by atoms with Crippen molar-refractivity contribution in [2.24, 2.45) is 0 Å². The number of anilines is 3. The lowest BCUT2D eigenvalue weighted by Crippen LogP contribution is -2.15. The predicted molar refractivity (Wildman–Crippen MR) is 108 cm³/mol. The molecule has 1 amide bonds.